The van der Waals surface area contributed by atoms with Crippen molar-refractivity contribution >= 4 is 43.4 Å². The van der Waals surface area contributed by atoms with Crippen LogP contribution in [0.3, 0.4) is 0 Å². The number of ether oxygens (including phenoxy) is 1. The lowest BCUT2D eigenvalue weighted by molar-refractivity contribution is 0.0997. The summed E-state index contributed by atoms with van der Waals surface area (Å²) < 4.78 is 9.23. The van der Waals surface area contributed by atoms with Gasteiger partial charge in [0.05, 0.1) is 22.4 Å². The summed E-state index contributed by atoms with van der Waals surface area (Å²) in [5.74, 6) is 0.565. The van der Waals surface area contributed by atoms with Gasteiger partial charge < -0.3 is 9.30 Å². The maximum absolute atomic E-state index is 12.4. The van der Waals surface area contributed by atoms with E-state index in [1.54, 1.807) is 6.07 Å². The standard InChI is InChI=1S/C17H15BrN2O2S/c1-3-22-11-8-9-14-15(10-11)23-17(20(14)2)19-16(21)12-6-4-5-7-13(12)18/h4-10H,3H2,1-2H3. The van der Waals surface area contributed by atoms with Crippen molar-refractivity contribution in [3.8, 4) is 5.75 Å². The molecule has 3 aromatic rings. The first-order valence-corrected chi connectivity index (χ1v) is 8.77. The quantitative estimate of drug-likeness (QED) is 0.674. The first-order valence-electron chi connectivity index (χ1n) is 7.16. The van der Waals surface area contributed by atoms with E-state index in [2.05, 4.69) is 20.9 Å². The number of amides is 1. The normalized spacial score (nSPS) is 11.9. The van der Waals surface area contributed by atoms with Crippen LogP contribution >= 0.6 is 27.3 Å². The maximum atomic E-state index is 12.4. The minimum absolute atomic E-state index is 0.260. The molecular formula is C17H15BrN2O2S. The molecule has 2 aromatic carbocycles. The van der Waals surface area contributed by atoms with Crippen LogP contribution in [0.4, 0.5) is 0 Å². The van der Waals surface area contributed by atoms with Crippen LogP contribution in [-0.2, 0) is 7.05 Å². The zero-order chi connectivity index (χ0) is 16.4. The Morgan fingerprint density at radius 2 is 2.09 bits per heavy atom. The number of rotatable bonds is 3. The number of carbonyl (C=O) groups excluding carboxylic acids is 1. The lowest BCUT2D eigenvalue weighted by Crippen LogP contribution is -2.13. The molecule has 0 saturated carbocycles. The number of halogens is 1. The Hall–Kier alpha value is -1.92. The summed E-state index contributed by atoms with van der Waals surface area (Å²) in [5.41, 5.74) is 1.58. The highest BCUT2D eigenvalue weighted by atomic mass is 79.9. The van der Waals surface area contributed by atoms with Gasteiger partial charge in [-0.15, -0.1) is 0 Å². The summed E-state index contributed by atoms with van der Waals surface area (Å²) in [5, 5.41) is 0. The van der Waals surface area contributed by atoms with Crippen LogP contribution in [0.15, 0.2) is 51.9 Å². The van der Waals surface area contributed by atoms with E-state index in [-0.39, 0.29) is 5.91 Å². The molecule has 3 rings (SSSR count). The molecule has 0 aliphatic heterocycles. The van der Waals surface area contributed by atoms with Crippen molar-refractivity contribution in [3.63, 3.8) is 0 Å². The molecule has 1 heterocycles. The van der Waals surface area contributed by atoms with Crippen LogP contribution in [0.1, 0.15) is 17.3 Å². The molecule has 0 radical (unpaired) electrons. The predicted octanol–water partition coefficient (Wildman–Crippen LogP) is 4.14. The summed E-state index contributed by atoms with van der Waals surface area (Å²) in [7, 11) is 1.91. The fourth-order valence-electron chi connectivity index (χ4n) is 2.26. The number of hydrogen-bond donors (Lipinski definition) is 0. The van der Waals surface area contributed by atoms with Crippen molar-refractivity contribution in [1.29, 1.82) is 0 Å². The molecule has 0 saturated heterocycles. The van der Waals surface area contributed by atoms with Crippen LogP contribution < -0.4 is 9.54 Å². The molecule has 6 heteroatoms. The smallest absolute Gasteiger partial charge is 0.280 e. The summed E-state index contributed by atoms with van der Waals surface area (Å²) in [6.07, 6.45) is 0. The second kappa shape index (κ2) is 6.68. The van der Waals surface area contributed by atoms with Crippen LogP contribution in [0.25, 0.3) is 10.2 Å². The average Bonchev–Trinajstić information content (AvgIpc) is 2.84. The van der Waals surface area contributed by atoms with E-state index >= 15 is 0 Å². The number of aromatic nitrogens is 1. The Morgan fingerprint density at radius 3 is 2.83 bits per heavy atom. The predicted molar refractivity (Wildman–Crippen MR) is 96.0 cm³/mol. The molecule has 4 nitrogen and oxygen atoms in total. The van der Waals surface area contributed by atoms with E-state index in [4.69, 9.17) is 4.74 Å². The Balaban J connectivity index is 2.07. The maximum Gasteiger partial charge on any atom is 0.280 e. The average molecular weight is 391 g/mol. The van der Waals surface area contributed by atoms with Gasteiger partial charge in [-0.05, 0) is 53.2 Å². The van der Waals surface area contributed by atoms with Crippen molar-refractivity contribution in [1.82, 2.24) is 4.57 Å². The highest BCUT2D eigenvalue weighted by Crippen LogP contribution is 2.23. The van der Waals surface area contributed by atoms with Crippen molar-refractivity contribution in [3.05, 3.63) is 57.3 Å². The van der Waals surface area contributed by atoms with Crippen molar-refractivity contribution in [2.75, 3.05) is 6.61 Å². The Kier molecular flexibility index (Phi) is 4.63. The van der Waals surface area contributed by atoms with Gasteiger partial charge in [-0.3, -0.25) is 4.79 Å². The van der Waals surface area contributed by atoms with E-state index in [0.29, 0.717) is 17.0 Å². The van der Waals surface area contributed by atoms with E-state index in [1.165, 1.54) is 11.3 Å². The fourth-order valence-corrected chi connectivity index (χ4v) is 3.76. The SMILES string of the molecule is CCOc1ccc2c(c1)sc(=NC(=O)c1ccccc1Br)n2C. The van der Waals surface area contributed by atoms with Crippen LogP contribution in [0, 0.1) is 0 Å². The third-order valence-corrected chi connectivity index (χ3v) is 5.18. The molecule has 0 aliphatic carbocycles. The Bertz CT molecular complexity index is 943. The van der Waals surface area contributed by atoms with Crippen molar-refractivity contribution in [2.24, 2.45) is 12.0 Å². The van der Waals surface area contributed by atoms with Gasteiger partial charge in [0.25, 0.3) is 5.91 Å². The van der Waals surface area contributed by atoms with Crippen LogP contribution in [0.5, 0.6) is 5.75 Å². The van der Waals surface area contributed by atoms with Gasteiger partial charge in [-0.2, -0.15) is 4.99 Å². The largest absolute Gasteiger partial charge is 0.494 e. The van der Waals surface area contributed by atoms with Gasteiger partial charge in [0, 0.05) is 11.5 Å². The third-order valence-electron chi connectivity index (χ3n) is 3.39. The summed E-state index contributed by atoms with van der Waals surface area (Å²) >= 11 is 4.86. The molecule has 0 N–H and O–H groups in total. The fraction of sp³-hybridized carbons (Fsp3) is 0.176. The van der Waals surface area contributed by atoms with Crippen LogP contribution in [-0.4, -0.2) is 17.1 Å². The van der Waals surface area contributed by atoms with Crippen molar-refractivity contribution in [2.45, 2.75) is 6.92 Å². The summed E-state index contributed by atoms with van der Waals surface area (Å²) in [4.78, 5) is 17.3. The first kappa shape index (κ1) is 16.0. The van der Waals surface area contributed by atoms with Gasteiger partial charge in [0.15, 0.2) is 4.80 Å². The zero-order valence-electron chi connectivity index (χ0n) is 12.7. The molecule has 23 heavy (non-hydrogen) atoms. The molecule has 0 aliphatic rings. The van der Waals surface area contributed by atoms with E-state index in [1.807, 2.05) is 54.9 Å². The molecule has 118 valence electrons. The molecule has 0 spiro atoms. The highest BCUT2D eigenvalue weighted by Gasteiger charge is 2.10. The summed E-state index contributed by atoms with van der Waals surface area (Å²) in [6, 6.07) is 13.2. The number of fused-ring (bicyclic) bond motifs is 1. The van der Waals surface area contributed by atoms with E-state index < -0.39 is 0 Å². The topological polar surface area (TPSA) is 43.6 Å². The van der Waals surface area contributed by atoms with Gasteiger partial charge in [-0.1, -0.05) is 23.5 Å². The second-order valence-electron chi connectivity index (χ2n) is 4.90. The number of thiazole rings is 1. The number of benzene rings is 2. The first-order chi connectivity index (χ1) is 11.1. The molecule has 0 unspecified atom stereocenters. The van der Waals surface area contributed by atoms with Gasteiger partial charge in [0.2, 0.25) is 0 Å². The molecule has 0 bridgehead atoms. The van der Waals surface area contributed by atoms with E-state index in [9.17, 15) is 4.79 Å². The van der Waals surface area contributed by atoms with Gasteiger partial charge in [-0.25, -0.2) is 0 Å². The zero-order valence-corrected chi connectivity index (χ0v) is 15.1. The number of hydrogen-bond acceptors (Lipinski definition) is 3. The number of nitrogens with zero attached hydrogens (tertiary/aromatic N) is 2. The number of carbonyl (C=O) groups is 1. The molecule has 1 amide bonds. The molecule has 0 fully saturated rings. The molecule has 0 atom stereocenters. The second-order valence-corrected chi connectivity index (χ2v) is 6.77. The monoisotopic (exact) mass is 390 g/mol. The summed E-state index contributed by atoms with van der Waals surface area (Å²) in [6.45, 7) is 2.58. The van der Waals surface area contributed by atoms with E-state index in [0.717, 1.165) is 20.4 Å². The third kappa shape index (κ3) is 3.23. The van der Waals surface area contributed by atoms with Crippen molar-refractivity contribution < 1.29 is 9.53 Å². The lowest BCUT2D eigenvalue weighted by Gasteiger charge is -2.02. The minimum Gasteiger partial charge on any atom is -0.494 e. The van der Waals surface area contributed by atoms with Crippen LogP contribution in [0.2, 0.25) is 0 Å². The molecule has 1 aromatic heterocycles. The Labute approximate surface area is 146 Å². The lowest BCUT2D eigenvalue weighted by atomic mass is 10.2. The van der Waals surface area contributed by atoms with Gasteiger partial charge in [0.1, 0.15) is 5.75 Å². The van der Waals surface area contributed by atoms with Gasteiger partial charge >= 0.3 is 0 Å². The molecular weight excluding hydrogens is 376 g/mol. The Morgan fingerprint density at radius 1 is 1.30 bits per heavy atom. The highest BCUT2D eigenvalue weighted by molar-refractivity contribution is 9.10. The number of aryl methyl sites for hydroxylation is 1. The minimum atomic E-state index is -0.260.